The number of rotatable bonds is 6. The number of benzene rings is 1. The van der Waals surface area contributed by atoms with Crippen molar-refractivity contribution in [2.75, 3.05) is 18.6 Å². The van der Waals surface area contributed by atoms with Crippen LogP contribution in [0.25, 0.3) is 0 Å². The summed E-state index contributed by atoms with van der Waals surface area (Å²) in [7, 11) is -3.18. The van der Waals surface area contributed by atoms with Crippen molar-refractivity contribution in [3.05, 3.63) is 35.4 Å². The number of sulfone groups is 1. The van der Waals surface area contributed by atoms with Crippen LogP contribution in [0.1, 0.15) is 34.6 Å². The van der Waals surface area contributed by atoms with Crippen molar-refractivity contribution in [2.45, 2.75) is 19.9 Å². The Bertz CT molecular complexity index is 637. The van der Waals surface area contributed by atoms with Gasteiger partial charge in [0, 0.05) is 24.4 Å². The highest BCUT2D eigenvalue weighted by molar-refractivity contribution is 7.90. The van der Waals surface area contributed by atoms with Crippen molar-refractivity contribution in [2.24, 2.45) is 0 Å². The van der Waals surface area contributed by atoms with Crippen LogP contribution in [-0.4, -0.2) is 54.9 Å². The number of carbonyl (C=O) groups is 2. The van der Waals surface area contributed by atoms with E-state index < -0.39 is 15.8 Å². The monoisotopic (exact) mass is 313 g/mol. The van der Waals surface area contributed by atoms with Gasteiger partial charge in [-0.25, -0.2) is 13.2 Å². The normalized spacial score (nSPS) is 11.4. The number of hydrogen-bond donors (Lipinski definition) is 1. The van der Waals surface area contributed by atoms with Gasteiger partial charge in [0.2, 0.25) is 0 Å². The number of carboxylic acid groups (broad SMARTS) is 1. The van der Waals surface area contributed by atoms with Crippen LogP contribution in [-0.2, 0) is 9.84 Å². The van der Waals surface area contributed by atoms with Crippen LogP contribution in [0, 0.1) is 0 Å². The molecule has 21 heavy (non-hydrogen) atoms. The van der Waals surface area contributed by atoms with Gasteiger partial charge in [-0.1, -0.05) is 6.07 Å². The molecule has 0 fully saturated rings. The van der Waals surface area contributed by atoms with Gasteiger partial charge in [0.05, 0.1) is 11.3 Å². The highest BCUT2D eigenvalue weighted by atomic mass is 32.2. The lowest BCUT2D eigenvalue weighted by atomic mass is 10.1. The first-order chi connectivity index (χ1) is 9.61. The number of carboxylic acids is 1. The molecule has 0 bridgehead atoms. The molecule has 0 heterocycles. The van der Waals surface area contributed by atoms with E-state index in [0.29, 0.717) is 0 Å². The van der Waals surface area contributed by atoms with E-state index in [1.165, 1.54) is 29.2 Å². The SMILES string of the molecule is CC(C)N(CCS(C)(=O)=O)C(=O)c1cccc(C(=O)O)c1. The van der Waals surface area contributed by atoms with Gasteiger partial charge in [-0.3, -0.25) is 4.79 Å². The fourth-order valence-corrected chi connectivity index (χ4v) is 2.34. The van der Waals surface area contributed by atoms with E-state index in [1.807, 2.05) is 0 Å². The average Bonchev–Trinajstić information content (AvgIpc) is 2.37. The van der Waals surface area contributed by atoms with Crippen LogP contribution in [0.15, 0.2) is 24.3 Å². The summed E-state index contributed by atoms with van der Waals surface area (Å²) in [4.78, 5) is 24.8. The van der Waals surface area contributed by atoms with E-state index in [-0.39, 0.29) is 35.4 Å². The second-order valence-corrected chi connectivity index (χ2v) is 7.37. The first-order valence-electron chi connectivity index (χ1n) is 6.44. The zero-order chi connectivity index (χ0) is 16.2. The molecule has 7 heteroatoms. The molecule has 0 saturated carbocycles. The third-order valence-corrected chi connectivity index (χ3v) is 3.87. The summed E-state index contributed by atoms with van der Waals surface area (Å²) < 4.78 is 22.5. The molecule has 1 amide bonds. The van der Waals surface area contributed by atoms with E-state index in [4.69, 9.17) is 5.11 Å². The Kier molecular flexibility index (Phi) is 5.48. The van der Waals surface area contributed by atoms with E-state index in [9.17, 15) is 18.0 Å². The molecule has 0 spiro atoms. The molecule has 0 aliphatic carbocycles. The molecule has 1 aromatic rings. The molecule has 0 aliphatic rings. The maximum Gasteiger partial charge on any atom is 0.335 e. The lowest BCUT2D eigenvalue weighted by molar-refractivity contribution is 0.0697. The number of carbonyl (C=O) groups excluding carboxylic acids is 1. The molecule has 1 aromatic carbocycles. The largest absolute Gasteiger partial charge is 0.478 e. The van der Waals surface area contributed by atoms with Gasteiger partial charge >= 0.3 is 5.97 Å². The standard InChI is InChI=1S/C14H19NO5S/c1-10(2)15(7-8-21(3,19)20)13(16)11-5-4-6-12(9-11)14(17)18/h4-6,9-10H,7-8H2,1-3H3,(H,17,18). The minimum Gasteiger partial charge on any atom is -0.478 e. The lowest BCUT2D eigenvalue weighted by Gasteiger charge is -2.26. The summed E-state index contributed by atoms with van der Waals surface area (Å²) >= 11 is 0. The molecule has 0 aliphatic heterocycles. The maximum atomic E-state index is 12.4. The van der Waals surface area contributed by atoms with Gasteiger partial charge in [0.15, 0.2) is 0 Å². The molecular formula is C14H19NO5S. The highest BCUT2D eigenvalue weighted by Gasteiger charge is 2.21. The molecular weight excluding hydrogens is 294 g/mol. The van der Waals surface area contributed by atoms with E-state index in [1.54, 1.807) is 13.8 Å². The van der Waals surface area contributed by atoms with E-state index in [0.717, 1.165) is 6.26 Å². The van der Waals surface area contributed by atoms with Crippen LogP contribution in [0.4, 0.5) is 0 Å². The quantitative estimate of drug-likeness (QED) is 0.854. The molecule has 116 valence electrons. The van der Waals surface area contributed by atoms with E-state index >= 15 is 0 Å². The molecule has 0 aromatic heterocycles. The first-order valence-corrected chi connectivity index (χ1v) is 8.50. The van der Waals surface area contributed by atoms with Crippen LogP contribution in [0.5, 0.6) is 0 Å². The van der Waals surface area contributed by atoms with Crippen LogP contribution >= 0.6 is 0 Å². The summed E-state index contributed by atoms with van der Waals surface area (Å²) in [5.74, 6) is -1.62. The van der Waals surface area contributed by atoms with Gasteiger partial charge in [0.25, 0.3) is 5.91 Å². The number of aromatic carboxylic acids is 1. The number of hydrogen-bond acceptors (Lipinski definition) is 4. The Labute approximate surface area is 124 Å². The molecule has 0 saturated heterocycles. The Morgan fingerprint density at radius 3 is 2.29 bits per heavy atom. The predicted molar refractivity (Wildman–Crippen MR) is 79.3 cm³/mol. The van der Waals surface area contributed by atoms with Crippen molar-refractivity contribution in [3.8, 4) is 0 Å². The molecule has 0 atom stereocenters. The van der Waals surface area contributed by atoms with Crippen molar-refractivity contribution >= 4 is 21.7 Å². The Morgan fingerprint density at radius 2 is 1.81 bits per heavy atom. The summed E-state index contributed by atoms with van der Waals surface area (Å²) in [5, 5.41) is 8.94. The maximum absolute atomic E-state index is 12.4. The number of nitrogens with zero attached hydrogens (tertiary/aromatic N) is 1. The molecule has 0 unspecified atom stereocenters. The van der Waals surface area contributed by atoms with Crippen molar-refractivity contribution in [1.82, 2.24) is 4.90 Å². The highest BCUT2D eigenvalue weighted by Crippen LogP contribution is 2.11. The fourth-order valence-electron chi connectivity index (χ4n) is 1.81. The summed E-state index contributed by atoms with van der Waals surface area (Å²) in [6.45, 7) is 3.63. The van der Waals surface area contributed by atoms with Gasteiger partial charge in [0.1, 0.15) is 9.84 Å². The Hall–Kier alpha value is -1.89. The molecule has 1 N–H and O–H groups in total. The summed E-state index contributed by atoms with van der Waals surface area (Å²) in [5.41, 5.74) is 0.254. The van der Waals surface area contributed by atoms with Crippen molar-refractivity contribution < 1.29 is 23.1 Å². The average molecular weight is 313 g/mol. The van der Waals surface area contributed by atoms with Crippen molar-refractivity contribution in [3.63, 3.8) is 0 Å². The predicted octanol–water partition coefficient (Wildman–Crippen LogP) is 1.28. The van der Waals surface area contributed by atoms with Gasteiger partial charge in [-0.15, -0.1) is 0 Å². The Morgan fingerprint density at radius 1 is 1.24 bits per heavy atom. The Balaban J connectivity index is 3.01. The molecule has 0 radical (unpaired) electrons. The zero-order valence-electron chi connectivity index (χ0n) is 12.2. The zero-order valence-corrected chi connectivity index (χ0v) is 13.1. The molecule has 1 rings (SSSR count). The van der Waals surface area contributed by atoms with Gasteiger partial charge in [-0.2, -0.15) is 0 Å². The fraction of sp³-hybridized carbons (Fsp3) is 0.429. The minimum absolute atomic E-state index is 0.0210. The lowest BCUT2D eigenvalue weighted by Crippen LogP contribution is -2.40. The summed E-state index contributed by atoms with van der Waals surface area (Å²) in [6.07, 6.45) is 1.11. The van der Waals surface area contributed by atoms with Crippen LogP contribution in [0.2, 0.25) is 0 Å². The second kappa shape index (κ2) is 6.71. The van der Waals surface area contributed by atoms with Crippen LogP contribution < -0.4 is 0 Å². The van der Waals surface area contributed by atoms with Gasteiger partial charge < -0.3 is 10.0 Å². The third-order valence-electron chi connectivity index (χ3n) is 2.94. The minimum atomic E-state index is -3.18. The number of amides is 1. The van der Waals surface area contributed by atoms with E-state index in [2.05, 4.69) is 0 Å². The summed E-state index contributed by atoms with van der Waals surface area (Å²) in [6, 6.07) is 5.51. The smallest absolute Gasteiger partial charge is 0.335 e. The molecule has 6 nitrogen and oxygen atoms in total. The first kappa shape index (κ1) is 17.2. The van der Waals surface area contributed by atoms with Crippen molar-refractivity contribution in [1.29, 1.82) is 0 Å². The second-order valence-electron chi connectivity index (χ2n) is 5.11. The van der Waals surface area contributed by atoms with Gasteiger partial charge in [-0.05, 0) is 32.0 Å². The van der Waals surface area contributed by atoms with Crippen LogP contribution in [0.3, 0.4) is 0 Å². The third kappa shape index (κ3) is 5.18. The topological polar surface area (TPSA) is 91.8 Å².